The third-order valence-corrected chi connectivity index (χ3v) is 3.26. The summed E-state index contributed by atoms with van der Waals surface area (Å²) in [5.41, 5.74) is 2.52. The van der Waals surface area contributed by atoms with Gasteiger partial charge in [0.15, 0.2) is 0 Å². The number of hydrogen-bond donors (Lipinski definition) is 2. The van der Waals surface area contributed by atoms with Gasteiger partial charge >= 0.3 is 0 Å². The Morgan fingerprint density at radius 2 is 1.86 bits per heavy atom. The third-order valence-electron chi connectivity index (χ3n) is 3.26. The molecule has 0 saturated carbocycles. The number of hydrogen-bond acceptors (Lipinski definition) is 5. The first-order valence-electron chi connectivity index (χ1n) is 6.75. The Hall–Kier alpha value is -2.91. The first kappa shape index (κ1) is 15.5. The van der Waals surface area contributed by atoms with Crippen LogP contribution in [0.25, 0.3) is 0 Å². The van der Waals surface area contributed by atoms with Crippen LogP contribution in [-0.2, 0) is 13.0 Å². The van der Waals surface area contributed by atoms with E-state index in [0.717, 1.165) is 17.5 Å². The summed E-state index contributed by atoms with van der Waals surface area (Å²) in [5, 5.41) is 31.8. The fraction of sp³-hybridized carbons (Fsp3) is 0.188. The number of nitro groups is 1. The molecular formula is C16H15N3O3. The molecule has 0 heterocycles. The Kier molecular flexibility index (Phi) is 5.07. The zero-order valence-corrected chi connectivity index (χ0v) is 11.8. The SMILES string of the molecule is N#Cc1cc(NCCc2ccc(CO)cc2)ccc1[N+](=O)[O-]. The molecule has 6 nitrogen and oxygen atoms in total. The zero-order valence-electron chi connectivity index (χ0n) is 11.8. The first-order valence-corrected chi connectivity index (χ1v) is 6.75. The van der Waals surface area contributed by atoms with Gasteiger partial charge in [0.05, 0.1) is 11.5 Å². The number of nitro benzene ring substituents is 1. The summed E-state index contributed by atoms with van der Waals surface area (Å²) >= 11 is 0. The molecule has 0 aromatic heterocycles. The fourth-order valence-corrected chi connectivity index (χ4v) is 2.06. The van der Waals surface area contributed by atoms with Crippen molar-refractivity contribution in [1.82, 2.24) is 0 Å². The van der Waals surface area contributed by atoms with Crippen LogP contribution in [0.3, 0.4) is 0 Å². The van der Waals surface area contributed by atoms with Crippen molar-refractivity contribution in [1.29, 1.82) is 5.26 Å². The monoisotopic (exact) mass is 297 g/mol. The third kappa shape index (κ3) is 3.81. The standard InChI is InChI=1S/C16H15N3O3/c17-10-14-9-15(5-6-16(14)19(21)22)18-8-7-12-1-3-13(11-20)4-2-12/h1-6,9,18,20H,7-8,11H2. The smallest absolute Gasteiger partial charge is 0.287 e. The van der Waals surface area contributed by atoms with E-state index in [9.17, 15) is 10.1 Å². The molecule has 2 rings (SSSR count). The van der Waals surface area contributed by atoms with E-state index < -0.39 is 4.92 Å². The Morgan fingerprint density at radius 3 is 2.45 bits per heavy atom. The van der Waals surface area contributed by atoms with Gasteiger partial charge in [-0.15, -0.1) is 0 Å². The summed E-state index contributed by atoms with van der Waals surface area (Å²) < 4.78 is 0. The van der Waals surface area contributed by atoms with Crippen LogP contribution in [0.15, 0.2) is 42.5 Å². The molecule has 0 amide bonds. The van der Waals surface area contributed by atoms with Crippen molar-refractivity contribution in [2.75, 3.05) is 11.9 Å². The minimum Gasteiger partial charge on any atom is -0.392 e. The maximum atomic E-state index is 10.8. The summed E-state index contributed by atoms with van der Waals surface area (Å²) in [6.45, 7) is 0.666. The lowest BCUT2D eigenvalue weighted by Crippen LogP contribution is -2.05. The van der Waals surface area contributed by atoms with E-state index in [1.54, 1.807) is 6.07 Å². The van der Waals surface area contributed by atoms with Crippen molar-refractivity contribution in [3.05, 3.63) is 69.3 Å². The number of rotatable bonds is 6. The Labute approximate surface area is 127 Å². The molecule has 112 valence electrons. The summed E-state index contributed by atoms with van der Waals surface area (Å²) in [4.78, 5) is 10.2. The predicted molar refractivity (Wildman–Crippen MR) is 82.4 cm³/mol. The topological polar surface area (TPSA) is 99.2 Å². The van der Waals surface area contributed by atoms with Crippen LogP contribution >= 0.6 is 0 Å². The summed E-state index contributed by atoms with van der Waals surface area (Å²) in [5.74, 6) is 0. The highest BCUT2D eigenvalue weighted by atomic mass is 16.6. The number of benzene rings is 2. The lowest BCUT2D eigenvalue weighted by atomic mass is 10.1. The number of nitrogens with zero attached hydrogens (tertiary/aromatic N) is 2. The molecule has 0 aliphatic heterocycles. The van der Waals surface area contributed by atoms with Crippen LogP contribution in [0.4, 0.5) is 11.4 Å². The second-order valence-corrected chi connectivity index (χ2v) is 4.75. The molecule has 22 heavy (non-hydrogen) atoms. The van der Waals surface area contributed by atoms with E-state index in [1.807, 2.05) is 30.3 Å². The van der Waals surface area contributed by atoms with Crippen molar-refractivity contribution in [2.45, 2.75) is 13.0 Å². The van der Waals surface area contributed by atoms with Gasteiger partial charge in [-0.05, 0) is 29.7 Å². The van der Waals surface area contributed by atoms with Gasteiger partial charge in [-0.25, -0.2) is 0 Å². The predicted octanol–water partition coefficient (Wildman–Crippen LogP) is 2.61. The summed E-state index contributed by atoms with van der Waals surface area (Å²) in [6, 6.07) is 13.9. The Bertz CT molecular complexity index is 706. The van der Waals surface area contributed by atoms with E-state index in [4.69, 9.17) is 10.4 Å². The van der Waals surface area contributed by atoms with Gasteiger partial charge in [0.25, 0.3) is 5.69 Å². The molecule has 0 aliphatic carbocycles. The fourth-order valence-electron chi connectivity index (χ4n) is 2.06. The van der Waals surface area contributed by atoms with Gasteiger partial charge in [0.1, 0.15) is 11.6 Å². The van der Waals surface area contributed by atoms with Gasteiger partial charge in [-0.1, -0.05) is 24.3 Å². The van der Waals surface area contributed by atoms with Crippen LogP contribution in [0, 0.1) is 21.4 Å². The molecule has 0 aliphatic rings. The minimum absolute atomic E-state index is 0.0261. The average molecular weight is 297 g/mol. The maximum absolute atomic E-state index is 10.8. The second kappa shape index (κ2) is 7.20. The quantitative estimate of drug-likeness (QED) is 0.630. The molecule has 0 atom stereocenters. The van der Waals surface area contributed by atoms with Crippen LogP contribution in [-0.4, -0.2) is 16.6 Å². The second-order valence-electron chi connectivity index (χ2n) is 4.75. The maximum Gasteiger partial charge on any atom is 0.287 e. The Morgan fingerprint density at radius 1 is 1.18 bits per heavy atom. The Balaban J connectivity index is 1.96. The molecule has 2 aromatic rings. The van der Waals surface area contributed by atoms with Gasteiger partial charge in [-0.2, -0.15) is 5.26 Å². The van der Waals surface area contributed by atoms with Crippen molar-refractivity contribution in [2.24, 2.45) is 0 Å². The number of nitriles is 1. The van der Waals surface area contributed by atoms with Crippen LogP contribution in [0.5, 0.6) is 0 Å². The summed E-state index contributed by atoms with van der Waals surface area (Å²) in [7, 11) is 0. The number of aliphatic hydroxyl groups excluding tert-OH is 1. The van der Waals surface area contributed by atoms with E-state index in [0.29, 0.717) is 12.2 Å². The molecule has 2 aromatic carbocycles. The van der Waals surface area contributed by atoms with E-state index in [2.05, 4.69) is 5.32 Å². The molecule has 0 saturated heterocycles. The van der Waals surface area contributed by atoms with Crippen molar-refractivity contribution in [3.8, 4) is 6.07 Å². The molecular weight excluding hydrogens is 282 g/mol. The molecule has 0 spiro atoms. The minimum atomic E-state index is -0.564. The van der Waals surface area contributed by atoms with Crippen molar-refractivity contribution in [3.63, 3.8) is 0 Å². The van der Waals surface area contributed by atoms with Crippen LogP contribution in [0.1, 0.15) is 16.7 Å². The van der Waals surface area contributed by atoms with Gasteiger partial charge in [-0.3, -0.25) is 10.1 Å². The first-order chi connectivity index (χ1) is 10.6. The van der Waals surface area contributed by atoms with E-state index in [-0.39, 0.29) is 17.9 Å². The van der Waals surface area contributed by atoms with Crippen LogP contribution < -0.4 is 5.32 Å². The molecule has 0 unspecified atom stereocenters. The van der Waals surface area contributed by atoms with Crippen molar-refractivity contribution >= 4 is 11.4 Å². The molecule has 0 fully saturated rings. The average Bonchev–Trinajstić information content (AvgIpc) is 2.55. The molecule has 0 bridgehead atoms. The number of aliphatic hydroxyl groups is 1. The lowest BCUT2D eigenvalue weighted by Gasteiger charge is -2.07. The van der Waals surface area contributed by atoms with Crippen molar-refractivity contribution < 1.29 is 10.0 Å². The largest absolute Gasteiger partial charge is 0.392 e. The van der Waals surface area contributed by atoms with E-state index >= 15 is 0 Å². The highest BCUT2D eigenvalue weighted by Crippen LogP contribution is 2.21. The van der Waals surface area contributed by atoms with E-state index in [1.165, 1.54) is 12.1 Å². The molecule has 2 N–H and O–H groups in total. The highest BCUT2D eigenvalue weighted by Gasteiger charge is 2.13. The lowest BCUT2D eigenvalue weighted by molar-refractivity contribution is -0.385. The number of anilines is 1. The van der Waals surface area contributed by atoms with Gasteiger partial charge in [0.2, 0.25) is 0 Å². The van der Waals surface area contributed by atoms with Gasteiger partial charge in [0, 0.05) is 18.3 Å². The molecule has 6 heteroatoms. The molecule has 0 radical (unpaired) electrons. The van der Waals surface area contributed by atoms with Gasteiger partial charge < -0.3 is 10.4 Å². The van der Waals surface area contributed by atoms with Crippen LogP contribution in [0.2, 0.25) is 0 Å². The zero-order chi connectivity index (χ0) is 15.9. The normalized spacial score (nSPS) is 10.0. The highest BCUT2D eigenvalue weighted by molar-refractivity contribution is 5.58. The number of nitrogens with one attached hydrogen (secondary N) is 1. The summed E-state index contributed by atoms with van der Waals surface area (Å²) in [6.07, 6.45) is 0.768.